The van der Waals surface area contributed by atoms with Gasteiger partial charge in [-0.2, -0.15) is 0 Å². The molecule has 1 aliphatic heterocycles. The third-order valence-corrected chi connectivity index (χ3v) is 6.96. The fraction of sp³-hybridized carbons (Fsp3) is 0.258. The highest BCUT2D eigenvalue weighted by Gasteiger charge is 2.41. The summed E-state index contributed by atoms with van der Waals surface area (Å²) in [6, 6.07) is 22.4. The summed E-state index contributed by atoms with van der Waals surface area (Å²) in [7, 11) is 0. The summed E-state index contributed by atoms with van der Waals surface area (Å²) in [4.78, 5) is 26.1. The van der Waals surface area contributed by atoms with Gasteiger partial charge in [0.1, 0.15) is 23.4 Å². The summed E-state index contributed by atoms with van der Waals surface area (Å²) < 4.78 is 17.5. The molecule has 1 fully saturated rings. The molecule has 1 saturated heterocycles. The molecule has 5 rings (SSSR count). The van der Waals surface area contributed by atoms with Crippen molar-refractivity contribution in [2.75, 3.05) is 0 Å². The van der Waals surface area contributed by atoms with Crippen LogP contribution in [0.3, 0.4) is 0 Å². The molecule has 1 amide bonds. The molecule has 2 heterocycles. The molecule has 39 heavy (non-hydrogen) atoms. The van der Waals surface area contributed by atoms with Crippen LogP contribution in [0.2, 0.25) is 0 Å². The van der Waals surface area contributed by atoms with E-state index in [1.54, 1.807) is 29.2 Å². The van der Waals surface area contributed by atoms with E-state index in [1.165, 1.54) is 0 Å². The van der Waals surface area contributed by atoms with Crippen molar-refractivity contribution in [3.8, 4) is 22.6 Å². The van der Waals surface area contributed by atoms with Crippen LogP contribution in [0.1, 0.15) is 47.6 Å². The molecule has 1 N–H and O–H groups in total. The molecule has 1 aliphatic rings. The number of carbonyl (C=O) groups excluding carboxylic acids is 1. The Balaban J connectivity index is 1.51. The second kappa shape index (κ2) is 11.0. The summed E-state index contributed by atoms with van der Waals surface area (Å²) in [6.45, 7) is 6.06. The number of carbonyl (C=O) groups is 2. The quantitative estimate of drug-likeness (QED) is 0.254. The molecular formula is C31H30N2O6. The van der Waals surface area contributed by atoms with E-state index in [0.29, 0.717) is 29.2 Å². The van der Waals surface area contributed by atoms with Crippen molar-refractivity contribution in [1.82, 2.24) is 10.1 Å². The van der Waals surface area contributed by atoms with Gasteiger partial charge in [-0.25, -0.2) is 4.79 Å². The first-order valence-electron chi connectivity index (χ1n) is 12.9. The van der Waals surface area contributed by atoms with Gasteiger partial charge in [-0.3, -0.25) is 9.69 Å². The van der Waals surface area contributed by atoms with Crippen LogP contribution in [-0.4, -0.2) is 33.3 Å². The highest BCUT2D eigenvalue weighted by atomic mass is 16.6. The Morgan fingerprint density at radius 1 is 1.05 bits per heavy atom. The third-order valence-electron chi connectivity index (χ3n) is 6.96. The molecule has 0 saturated carbocycles. The summed E-state index contributed by atoms with van der Waals surface area (Å²) >= 11 is 0. The molecule has 0 radical (unpaired) electrons. The lowest BCUT2D eigenvalue weighted by atomic mass is 9.98. The van der Waals surface area contributed by atoms with E-state index in [2.05, 4.69) is 5.16 Å². The van der Waals surface area contributed by atoms with Crippen molar-refractivity contribution in [2.45, 2.75) is 52.3 Å². The minimum Gasteiger partial charge on any atom is -0.481 e. The second-order valence-electron chi connectivity index (χ2n) is 9.66. The predicted octanol–water partition coefficient (Wildman–Crippen LogP) is 6.85. The van der Waals surface area contributed by atoms with Crippen LogP contribution >= 0.6 is 0 Å². The van der Waals surface area contributed by atoms with E-state index in [1.807, 2.05) is 69.3 Å². The van der Waals surface area contributed by atoms with Crippen molar-refractivity contribution in [1.29, 1.82) is 0 Å². The molecule has 4 aromatic rings. The summed E-state index contributed by atoms with van der Waals surface area (Å²) in [6.07, 6.45) is -0.143. The van der Waals surface area contributed by atoms with E-state index >= 15 is 0 Å². The van der Waals surface area contributed by atoms with E-state index in [-0.39, 0.29) is 31.2 Å². The summed E-state index contributed by atoms with van der Waals surface area (Å²) in [5, 5.41) is 13.3. The highest BCUT2D eigenvalue weighted by molar-refractivity contribution is 5.73. The Hall–Kier alpha value is -4.59. The molecule has 2 atom stereocenters. The lowest BCUT2D eigenvalue weighted by Crippen LogP contribution is -2.33. The van der Waals surface area contributed by atoms with E-state index in [0.717, 1.165) is 27.9 Å². The number of ether oxygens (including phenoxy) is 2. The maximum atomic E-state index is 13.2. The van der Waals surface area contributed by atoms with Crippen molar-refractivity contribution < 1.29 is 28.7 Å². The number of benzene rings is 3. The average Bonchev–Trinajstić information content (AvgIpc) is 3.42. The van der Waals surface area contributed by atoms with Crippen LogP contribution in [-0.2, 0) is 22.5 Å². The van der Waals surface area contributed by atoms with Crippen molar-refractivity contribution in [3.05, 3.63) is 101 Å². The minimum atomic E-state index is -0.914. The van der Waals surface area contributed by atoms with Crippen LogP contribution in [0.4, 0.5) is 4.79 Å². The Morgan fingerprint density at radius 2 is 1.85 bits per heavy atom. The van der Waals surface area contributed by atoms with Gasteiger partial charge in [0.05, 0.1) is 24.7 Å². The predicted molar refractivity (Wildman–Crippen MR) is 145 cm³/mol. The van der Waals surface area contributed by atoms with Gasteiger partial charge in [0, 0.05) is 11.1 Å². The standard InChI is InChI=1S/C31H30N2O6/c1-4-26-30(22-10-6-5-7-11-22)38-31(36)33(26)18-24-17-23(29-19(2)32-39-20(29)3)13-14-27(24)37-25-12-8-9-21(15-25)16-28(34)35/h5-15,17,26,30H,4,16,18H2,1-3H3,(H,34,35)/t26-,30+/m0/s1. The molecule has 1 aromatic heterocycles. The fourth-order valence-corrected chi connectivity index (χ4v) is 5.16. The molecule has 0 aliphatic carbocycles. The van der Waals surface area contributed by atoms with E-state index in [9.17, 15) is 14.7 Å². The first-order chi connectivity index (χ1) is 18.8. The third kappa shape index (κ3) is 5.50. The number of cyclic esters (lactones) is 1. The Labute approximate surface area is 226 Å². The number of hydrogen-bond donors (Lipinski definition) is 1. The SMILES string of the molecule is CC[C@H]1[C@@H](c2ccccc2)OC(=O)N1Cc1cc(-c2c(C)noc2C)ccc1Oc1cccc(CC(=O)O)c1. The minimum absolute atomic E-state index is 0.103. The van der Waals surface area contributed by atoms with Crippen LogP contribution in [0.15, 0.2) is 77.3 Å². The van der Waals surface area contributed by atoms with E-state index in [4.69, 9.17) is 14.0 Å². The summed E-state index contributed by atoms with van der Waals surface area (Å²) in [5.74, 6) is 0.856. The van der Waals surface area contributed by atoms with Crippen molar-refractivity contribution in [2.24, 2.45) is 0 Å². The lowest BCUT2D eigenvalue weighted by Gasteiger charge is -2.25. The van der Waals surface area contributed by atoms with Gasteiger partial charge in [-0.1, -0.05) is 60.6 Å². The first-order valence-corrected chi connectivity index (χ1v) is 12.9. The van der Waals surface area contributed by atoms with Gasteiger partial charge >= 0.3 is 12.1 Å². The average molecular weight is 527 g/mol. The fourth-order valence-electron chi connectivity index (χ4n) is 5.16. The highest BCUT2D eigenvalue weighted by Crippen LogP contribution is 2.39. The zero-order valence-corrected chi connectivity index (χ0v) is 22.1. The topological polar surface area (TPSA) is 102 Å². The van der Waals surface area contributed by atoms with Gasteiger partial charge in [0.15, 0.2) is 0 Å². The van der Waals surface area contributed by atoms with Crippen LogP contribution < -0.4 is 4.74 Å². The molecule has 0 unspecified atom stereocenters. The van der Waals surface area contributed by atoms with Gasteiger partial charge in [0.25, 0.3) is 0 Å². The van der Waals surface area contributed by atoms with Gasteiger partial charge < -0.3 is 19.1 Å². The Kier molecular flexibility index (Phi) is 7.36. The number of aliphatic carboxylic acids is 1. The number of nitrogens with zero attached hydrogens (tertiary/aromatic N) is 2. The number of rotatable bonds is 9. The number of carboxylic acids is 1. The number of aromatic nitrogens is 1. The lowest BCUT2D eigenvalue weighted by molar-refractivity contribution is -0.136. The second-order valence-corrected chi connectivity index (χ2v) is 9.66. The zero-order valence-electron chi connectivity index (χ0n) is 22.1. The molecule has 3 aromatic carbocycles. The van der Waals surface area contributed by atoms with Gasteiger partial charge in [-0.05, 0) is 61.2 Å². The van der Waals surface area contributed by atoms with E-state index < -0.39 is 5.97 Å². The largest absolute Gasteiger partial charge is 0.481 e. The number of carboxylic acid groups (broad SMARTS) is 1. The summed E-state index contributed by atoms with van der Waals surface area (Å²) in [5.41, 5.74) is 4.92. The van der Waals surface area contributed by atoms with Crippen molar-refractivity contribution in [3.63, 3.8) is 0 Å². The molecule has 8 heteroatoms. The molecule has 8 nitrogen and oxygen atoms in total. The Bertz CT molecular complexity index is 1480. The molecule has 200 valence electrons. The molecule has 0 bridgehead atoms. The first kappa shape index (κ1) is 26.0. The number of aryl methyl sites for hydroxylation is 2. The number of amides is 1. The monoisotopic (exact) mass is 526 g/mol. The smallest absolute Gasteiger partial charge is 0.411 e. The van der Waals surface area contributed by atoms with Gasteiger partial charge in [-0.15, -0.1) is 0 Å². The van der Waals surface area contributed by atoms with Crippen molar-refractivity contribution >= 4 is 12.1 Å². The molecule has 0 spiro atoms. The van der Waals surface area contributed by atoms with Crippen LogP contribution in [0.5, 0.6) is 11.5 Å². The normalized spacial score (nSPS) is 16.8. The number of hydrogen-bond acceptors (Lipinski definition) is 6. The zero-order chi connectivity index (χ0) is 27.5. The maximum absolute atomic E-state index is 13.2. The van der Waals surface area contributed by atoms with Crippen LogP contribution in [0.25, 0.3) is 11.1 Å². The molecular weight excluding hydrogens is 496 g/mol. The maximum Gasteiger partial charge on any atom is 0.411 e. The van der Waals surface area contributed by atoms with Gasteiger partial charge in [0.2, 0.25) is 0 Å². The van der Waals surface area contributed by atoms with Crippen LogP contribution in [0, 0.1) is 13.8 Å². The Morgan fingerprint density at radius 3 is 2.54 bits per heavy atom.